The van der Waals surface area contributed by atoms with E-state index in [2.05, 4.69) is 15.6 Å². The summed E-state index contributed by atoms with van der Waals surface area (Å²) < 4.78 is 5.51. The standard InChI is InChI=1S/C17H26ClN3O2S.HI/c1-19-16(21-12-17(6-9-22)7-10-23-13-17)20-8-11-24-15-4-2-14(18)3-5-15;/h2-5,22H,6-13H2,1H3,(H2,19,20,21);1H. The third kappa shape index (κ3) is 7.90. The summed E-state index contributed by atoms with van der Waals surface area (Å²) in [6, 6.07) is 7.86. The average molecular weight is 500 g/mol. The van der Waals surface area contributed by atoms with Crippen LogP contribution in [-0.4, -0.2) is 56.8 Å². The summed E-state index contributed by atoms with van der Waals surface area (Å²) in [7, 11) is 1.77. The number of thioether (sulfide) groups is 1. The molecule has 142 valence electrons. The van der Waals surface area contributed by atoms with Gasteiger partial charge in [0.1, 0.15) is 0 Å². The van der Waals surface area contributed by atoms with E-state index < -0.39 is 0 Å². The van der Waals surface area contributed by atoms with Crippen LogP contribution in [0.5, 0.6) is 0 Å². The predicted octanol–water partition coefficient (Wildman–Crippen LogP) is 3.00. The van der Waals surface area contributed by atoms with Gasteiger partial charge in [-0.05, 0) is 37.1 Å². The second-order valence-electron chi connectivity index (χ2n) is 5.93. The Bertz CT molecular complexity index is 525. The fourth-order valence-corrected chi connectivity index (χ4v) is 3.57. The molecule has 2 rings (SSSR count). The van der Waals surface area contributed by atoms with Crippen LogP contribution in [0.4, 0.5) is 0 Å². The fraction of sp³-hybridized carbons (Fsp3) is 0.588. The second kappa shape index (κ2) is 12.2. The molecular weight excluding hydrogens is 473 g/mol. The molecule has 1 fully saturated rings. The quantitative estimate of drug-likeness (QED) is 0.169. The summed E-state index contributed by atoms with van der Waals surface area (Å²) in [5, 5.41) is 16.7. The average Bonchev–Trinajstić information content (AvgIpc) is 3.05. The van der Waals surface area contributed by atoms with Crippen molar-refractivity contribution in [2.45, 2.75) is 17.7 Å². The maximum Gasteiger partial charge on any atom is 0.191 e. The summed E-state index contributed by atoms with van der Waals surface area (Å²) in [4.78, 5) is 5.46. The first-order valence-corrected chi connectivity index (χ1v) is 9.55. The number of nitrogens with one attached hydrogen (secondary N) is 2. The number of guanidine groups is 1. The van der Waals surface area contributed by atoms with Crippen LogP contribution in [0, 0.1) is 5.41 Å². The number of nitrogens with zero attached hydrogens (tertiary/aromatic N) is 1. The molecule has 1 aliphatic heterocycles. The third-order valence-electron chi connectivity index (χ3n) is 4.16. The van der Waals surface area contributed by atoms with Crippen molar-refractivity contribution in [1.29, 1.82) is 0 Å². The fourth-order valence-electron chi connectivity index (χ4n) is 2.67. The minimum absolute atomic E-state index is 0. The molecule has 3 N–H and O–H groups in total. The van der Waals surface area contributed by atoms with E-state index in [4.69, 9.17) is 16.3 Å². The molecule has 1 heterocycles. The Labute approximate surface area is 176 Å². The van der Waals surface area contributed by atoms with Crippen molar-refractivity contribution in [2.24, 2.45) is 10.4 Å². The van der Waals surface area contributed by atoms with Gasteiger partial charge in [-0.15, -0.1) is 35.7 Å². The zero-order chi connectivity index (χ0) is 17.3. The SMILES string of the molecule is CN=C(NCCSc1ccc(Cl)cc1)NCC1(CCO)CCOC1.I. The van der Waals surface area contributed by atoms with Gasteiger partial charge in [-0.2, -0.15) is 0 Å². The molecule has 1 aromatic carbocycles. The lowest BCUT2D eigenvalue weighted by Gasteiger charge is -2.27. The summed E-state index contributed by atoms with van der Waals surface area (Å²) >= 11 is 7.66. The number of ether oxygens (including phenoxy) is 1. The van der Waals surface area contributed by atoms with Gasteiger partial charge in [0.15, 0.2) is 5.96 Å². The number of aliphatic hydroxyl groups is 1. The van der Waals surface area contributed by atoms with Crippen LogP contribution in [-0.2, 0) is 4.74 Å². The zero-order valence-electron chi connectivity index (χ0n) is 14.5. The molecular formula is C17H27ClIN3O2S. The molecule has 1 unspecified atom stereocenters. The van der Waals surface area contributed by atoms with E-state index in [0.29, 0.717) is 6.61 Å². The molecule has 0 saturated carbocycles. The van der Waals surface area contributed by atoms with Crippen molar-refractivity contribution in [3.8, 4) is 0 Å². The highest BCUT2D eigenvalue weighted by atomic mass is 127. The summed E-state index contributed by atoms with van der Waals surface area (Å²) in [6.07, 6.45) is 1.73. The molecule has 0 bridgehead atoms. The van der Waals surface area contributed by atoms with Crippen LogP contribution >= 0.6 is 47.3 Å². The van der Waals surface area contributed by atoms with Gasteiger partial charge in [0, 0.05) is 54.4 Å². The summed E-state index contributed by atoms with van der Waals surface area (Å²) in [6.45, 7) is 3.23. The molecule has 25 heavy (non-hydrogen) atoms. The lowest BCUT2D eigenvalue weighted by molar-refractivity contribution is 0.127. The molecule has 1 atom stereocenters. The number of aliphatic imine (C=N–C) groups is 1. The van der Waals surface area contributed by atoms with Gasteiger partial charge < -0.3 is 20.5 Å². The Hall–Kier alpha value is -0.220. The number of hydrogen-bond acceptors (Lipinski definition) is 4. The monoisotopic (exact) mass is 499 g/mol. The maximum atomic E-state index is 9.27. The first kappa shape index (κ1) is 22.8. The Kier molecular flexibility index (Phi) is 11.2. The maximum absolute atomic E-state index is 9.27. The largest absolute Gasteiger partial charge is 0.396 e. The van der Waals surface area contributed by atoms with Gasteiger partial charge in [0.25, 0.3) is 0 Å². The van der Waals surface area contributed by atoms with Gasteiger partial charge in [0.2, 0.25) is 0 Å². The van der Waals surface area contributed by atoms with Crippen molar-refractivity contribution in [2.75, 3.05) is 45.7 Å². The Balaban J connectivity index is 0.00000312. The first-order chi connectivity index (χ1) is 11.7. The van der Waals surface area contributed by atoms with Crippen molar-refractivity contribution in [3.05, 3.63) is 29.3 Å². The molecule has 0 radical (unpaired) electrons. The van der Waals surface area contributed by atoms with Crippen molar-refractivity contribution in [1.82, 2.24) is 10.6 Å². The van der Waals surface area contributed by atoms with E-state index >= 15 is 0 Å². The zero-order valence-corrected chi connectivity index (χ0v) is 18.4. The topological polar surface area (TPSA) is 65.9 Å². The predicted molar refractivity (Wildman–Crippen MR) is 117 cm³/mol. The van der Waals surface area contributed by atoms with Crippen LogP contribution in [0.1, 0.15) is 12.8 Å². The normalized spacial score (nSPS) is 20.2. The Morgan fingerprint density at radius 3 is 2.72 bits per heavy atom. The van der Waals surface area contributed by atoms with Crippen molar-refractivity contribution >= 4 is 53.3 Å². The molecule has 0 aromatic heterocycles. The van der Waals surface area contributed by atoms with E-state index in [-0.39, 0.29) is 36.0 Å². The molecule has 1 aromatic rings. The highest BCUT2D eigenvalue weighted by molar-refractivity contribution is 14.0. The van der Waals surface area contributed by atoms with E-state index in [0.717, 1.165) is 49.3 Å². The van der Waals surface area contributed by atoms with Gasteiger partial charge in [-0.25, -0.2) is 0 Å². The van der Waals surface area contributed by atoms with Crippen molar-refractivity contribution < 1.29 is 9.84 Å². The number of rotatable bonds is 8. The Morgan fingerprint density at radius 2 is 2.12 bits per heavy atom. The number of hydrogen-bond donors (Lipinski definition) is 3. The summed E-state index contributed by atoms with van der Waals surface area (Å²) in [5.74, 6) is 1.73. The lowest BCUT2D eigenvalue weighted by atomic mass is 9.84. The highest BCUT2D eigenvalue weighted by Crippen LogP contribution is 2.31. The van der Waals surface area contributed by atoms with E-state index in [9.17, 15) is 5.11 Å². The molecule has 5 nitrogen and oxygen atoms in total. The third-order valence-corrected chi connectivity index (χ3v) is 5.42. The van der Waals surface area contributed by atoms with E-state index in [1.165, 1.54) is 4.90 Å². The molecule has 8 heteroatoms. The van der Waals surface area contributed by atoms with Crippen LogP contribution < -0.4 is 10.6 Å². The summed E-state index contributed by atoms with van der Waals surface area (Å²) in [5.41, 5.74) is 0.0183. The molecule has 1 saturated heterocycles. The Morgan fingerprint density at radius 1 is 1.36 bits per heavy atom. The first-order valence-electron chi connectivity index (χ1n) is 8.19. The molecule has 0 aliphatic carbocycles. The van der Waals surface area contributed by atoms with Crippen LogP contribution in [0.25, 0.3) is 0 Å². The van der Waals surface area contributed by atoms with Crippen LogP contribution in [0.3, 0.4) is 0 Å². The number of halogens is 2. The smallest absolute Gasteiger partial charge is 0.191 e. The van der Waals surface area contributed by atoms with Crippen LogP contribution in [0.15, 0.2) is 34.2 Å². The minimum Gasteiger partial charge on any atom is -0.396 e. The van der Waals surface area contributed by atoms with Gasteiger partial charge in [-0.3, -0.25) is 4.99 Å². The van der Waals surface area contributed by atoms with Gasteiger partial charge in [0.05, 0.1) is 6.61 Å². The number of benzene rings is 1. The van der Waals surface area contributed by atoms with Crippen LogP contribution in [0.2, 0.25) is 5.02 Å². The van der Waals surface area contributed by atoms with E-state index in [1.54, 1.807) is 18.8 Å². The van der Waals surface area contributed by atoms with Crippen molar-refractivity contribution in [3.63, 3.8) is 0 Å². The minimum atomic E-state index is 0. The lowest BCUT2D eigenvalue weighted by Crippen LogP contribution is -2.45. The van der Waals surface area contributed by atoms with E-state index in [1.807, 2.05) is 24.3 Å². The van der Waals surface area contributed by atoms with Gasteiger partial charge >= 0.3 is 0 Å². The molecule has 0 spiro atoms. The number of aliphatic hydroxyl groups excluding tert-OH is 1. The second-order valence-corrected chi connectivity index (χ2v) is 7.54. The molecule has 1 aliphatic rings. The van der Waals surface area contributed by atoms with Gasteiger partial charge in [-0.1, -0.05) is 11.6 Å². The highest BCUT2D eigenvalue weighted by Gasteiger charge is 2.34. The molecule has 0 amide bonds.